The van der Waals surface area contributed by atoms with E-state index in [1.165, 1.54) is 23.1 Å². The van der Waals surface area contributed by atoms with E-state index in [4.69, 9.17) is 0 Å². The van der Waals surface area contributed by atoms with Crippen molar-refractivity contribution in [1.82, 2.24) is 4.98 Å². The van der Waals surface area contributed by atoms with Gasteiger partial charge in [-0.1, -0.05) is 42.1 Å². The molecule has 0 saturated heterocycles. The molecule has 1 heterocycles. The quantitative estimate of drug-likeness (QED) is 0.477. The fourth-order valence-corrected chi connectivity index (χ4v) is 3.70. The standard InChI is InChI=1S/C17H11F2NOS2/c18-12-6-7-14(19)13(8-12)16(21)10-23-17-20-15(9-22-17)11-4-2-1-3-5-11/h1-9H,10H2. The summed E-state index contributed by atoms with van der Waals surface area (Å²) in [6.45, 7) is 0. The fourth-order valence-electron chi connectivity index (χ4n) is 1.98. The molecule has 0 saturated carbocycles. The summed E-state index contributed by atoms with van der Waals surface area (Å²) in [7, 11) is 0. The van der Waals surface area contributed by atoms with E-state index in [1.54, 1.807) is 0 Å². The van der Waals surface area contributed by atoms with Crippen molar-refractivity contribution >= 4 is 28.9 Å². The first-order valence-corrected chi connectivity index (χ1v) is 8.62. The van der Waals surface area contributed by atoms with E-state index in [9.17, 15) is 13.6 Å². The Labute approximate surface area is 140 Å². The fraction of sp³-hybridized carbons (Fsp3) is 0.0588. The number of thiazole rings is 1. The van der Waals surface area contributed by atoms with E-state index < -0.39 is 17.4 Å². The van der Waals surface area contributed by atoms with Crippen LogP contribution in [-0.2, 0) is 0 Å². The topological polar surface area (TPSA) is 30.0 Å². The van der Waals surface area contributed by atoms with Gasteiger partial charge in [0.25, 0.3) is 0 Å². The molecule has 6 heteroatoms. The Morgan fingerprint density at radius 1 is 1.13 bits per heavy atom. The molecular formula is C17H11F2NOS2. The van der Waals surface area contributed by atoms with Crippen molar-refractivity contribution in [2.75, 3.05) is 5.75 Å². The van der Waals surface area contributed by atoms with Crippen molar-refractivity contribution in [2.45, 2.75) is 4.34 Å². The zero-order valence-corrected chi connectivity index (χ0v) is 13.5. The summed E-state index contributed by atoms with van der Waals surface area (Å²) in [6, 6.07) is 12.6. The second kappa shape index (κ2) is 7.02. The number of carbonyl (C=O) groups is 1. The number of Topliss-reactive ketones (excluding diaryl/α,β-unsaturated/α-hetero) is 1. The number of hydrogen-bond donors (Lipinski definition) is 0. The molecule has 2 nitrogen and oxygen atoms in total. The van der Waals surface area contributed by atoms with Gasteiger partial charge in [0.1, 0.15) is 11.6 Å². The maximum atomic E-state index is 13.6. The molecule has 0 fully saturated rings. The predicted octanol–water partition coefficient (Wildman–Crippen LogP) is 5.06. The molecule has 0 unspecified atom stereocenters. The molecule has 3 aromatic rings. The minimum absolute atomic E-state index is 0.0160. The molecule has 23 heavy (non-hydrogen) atoms. The Bertz CT molecular complexity index is 834. The first-order valence-electron chi connectivity index (χ1n) is 6.75. The molecule has 2 aromatic carbocycles. The van der Waals surface area contributed by atoms with E-state index in [-0.39, 0.29) is 11.3 Å². The first-order chi connectivity index (χ1) is 11.1. The zero-order chi connectivity index (χ0) is 16.2. The third-order valence-corrected chi connectivity index (χ3v) is 5.13. The van der Waals surface area contributed by atoms with Crippen LogP contribution >= 0.6 is 23.1 Å². The number of ketones is 1. The van der Waals surface area contributed by atoms with E-state index in [2.05, 4.69) is 4.98 Å². The highest BCUT2D eigenvalue weighted by molar-refractivity contribution is 8.01. The van der Waals surface area contributed by atoms with Crippen molar-refractivity contribution in [3.63, 3.8) is 0 Å². The van der Waals surface area contributed by atoms with Gasteiger partial charge in [0.2, 0.25) is 0 Å². The van der Waals surface area contributed by atoms with Crippen molar-refractivity contribution in [3.05, 3.63) is 71.1 Å². The lowest BCUT2D eigenvalue weighted by Gasteiger charge is -2.01. The van der Waals surface area contributed by atoms with Crippen molar-refractivity contribution in [1.29, 1.82) is 0 Å². The van der Waals surface area contributed by atoms with Crippen LogP contribution in [0.5, 0.6) is 0 Å². The summed E-state index contributed by atoms with van der Waals surface area (Å²) in [5, 5.41) is 1.91. The second-order valence-electron chi connectivity index (χ2n) is 4.70. The molecule has 3 rings (SSSR count). The third kappa shape index (κ3) is 3.83. The average Bonchev–Trinajstić information content (AvgIpc) is 3.05. The highest BCUT2D eigenvalue weighted by Gasteiger charge is 2.14. The van der Waals surface area contributed by atoms with Crippen LogP contribution in [0.3, 0.4) is 0 Å². The molecule has 0 amide bonds. The molecule has 0 bridgehead atoms. The minimum Gasteiger partial charge on any atom is -0.293 e. The largest absolute Gasteiger partial charge is 0.293 e. The summed E-state index contributed by atoms with van der Waals surface area (Å²) >= 11 is 2.64. The van der Waals surface area contributed by atoms with Gasteiger partial charge in [-0.05, 0) is 18.2 Å². The molecule has 0 N–H and O–H groups in total. The number of benzene rings is 2. The lowest BCUT2D eigenvalue weighted by molar-refractivity contribution is 0.101. The van der Waals surface area contributed by atoms with Crippen molar-refractivity contribution < 1.29 is 13.6 Å². The molecule has 1 aromatic heterocycles. The van der Waals surface area contributed by atoms with Crippen LogP contribution in [0.15, 0.2) is 58.3 Å². The maximum absolute atomic E-state index is 13.6. The lowest BCUT2D eigenvalue weighted by Crippen LogP contribution is -2.05. The smallest absolute Gasteiger partial charge is 0.176 e. The molecule has 0 spiro atoms. The number of halogens is 2. The molecule has 0 aliphatic rings. The highest BCUT2D eigenvalue weighted by Crippen LogP contribution is 2.28. The Morgan fingerprint density at radius 2 is 1.91 bits per heavy atom. The molecule has 0 aliphatic carbocycles. The number of nitrogens with zero attached hydrogens (tertiary/aromatic N) is 1. The number of aromatic nitrogens is 1. The Kier molecular flexibility index (Phi) is 4.83. The van der Waals surface area contributed by atoms with Gasteiger partial charge < -0.3 is 0 Å². The van der Waals surface area contributed by atoms with E-state index in [0.29, 0.717) is 4.34 Å². The summed E-state index contributed by atoms with van der Waals surface area (Å²) < 4.78 is 27.4. The molecular weight excluding hydrogens is 336 g/mol. The van der Waals surface area contributed by atoms with Crippen LogP contribution < -0.4 is 0 Å². The third-order valence-electron chi connectivity index (χ3n) is 3.11. The Hall–Kier alpha value is -2.05. The van der Waals surface area contributed by atoms with Crippen molar-refractivity contribution in [3.8, 4) is 11.3 Å². The van der Waals surface area contributed by atoms with E-state index in [1.807, 2.05) is 35.7 Å². The normalized spacial score (nSPS) is 10.7. The summed E-state index contributed by atoms with van der Waals surface area (Å²) in [4.78, 5) is 16.5. The van der Waals surface area contributed by atoms with Gasteiger partial charge in [-0.3, -0.25) is 4.79 Å². The van der Waals surface area contributed by atoms with Gasteiger partial charge in [0, 0.05) is 10.9 Å². The number of hydrogen-bond acceptors (Lipinski definition) is 4. The monoisotopic (exact) mass is 347 g/mol. The van der Waals surface area contributed by atoms with Crippen LogP contribution in [0.25, 0.3) is 11.3 Å². The second-order valence-corrected chi connectivity index (χ2v) is 6.78. The minimum atomic E-state index is -0.707. The molecule has 0 radical (unpaired) electrons. The Morgan fingerprint density at radius 3 is 2.70 bits per heavy atom. The maximum Gasteiger partial charge on any atom is 0.176 e. The van der Waals surface area contributed by atoms with Crippen LogP contribution in [0, 0.1) is 11.6 Å². The van der Waals surface area contributed by atoms with Gasteiger partial charge in [-0.2, -0.15) is 0 Å². The Balaban J connectivity index is 1.68. The molecule has 116 valence electrons. The van der Waals surface area contributed by atoms with Crippen LogP contribution in [0.2, 0.25) is 0 Å². The van der Waals surface area contributed by atoms with Crippen LogP contribution in [0.1, 0.15) is 10.4 Å². The average molecular weight is 347 g/mol. The zero-order valence-electron chi connectivity index (χ0n) is 11.8. The van der Waals surface area contributed by atoms with Gasteiger partial charge in [0.15, 0.2) is 10.1 Å². The number of thioether (sulfide) groups is 1. The van der Waals surface area contributed by atoms with Crippen LogP contribution in [0.4, 0.5) is 8.78 Å². The van der Waals surface area contributed by atoms with Crippen LogP contribution in [-0.4, -0.2) is 16.5 Å². The number of carbonyl (C=O) groups excluding carboxylic acids is 1. The van der Waals surface area contributed by atoms with E-state index in [0.717, 1.165) is 29.5 Å². The lowest BCUT2D eigenvalue weighted by atomic mass is 10.1. The van der Waals surface area contributed by atoms with Gasteiger partial charge >= 0.3 is 0 Å². The number of rotatable bonds is 5. The SMILES string of the molecule is O=C(CSc1nc(-c2ccccc2)cs1)c1cc(F)ccc1F. The van der Waals surface area contributed by atoms with Gasteiger partial charge in [0.05, 0.1) is 17.0 Å². The van der Waals surface area contributed by atoms with Gasteiger partial charge in [-0.15, -0.1) is 11.3 Å². The predicted molar refractivity (Wildman–Crippen MR) is 89.0 cm³/mol. The van der Waals surface area contributed by atoms with Gasteiger partial charge in [-0.25, -0.2) is 13.8 Å². The summed E-state index contributed by atoms with van der Waals surface area (Å²) in [5.41, 5.74) is 1.61. The molecule has 0 atom stereocenters. The summed E-state index contributed by atoms with van der Waals surface area (Å²) in [5.74, 6) is -1.77. The molecule has 0 aliphatic heterocycles. The summed E-state index contributed by atoms with van der Waals surface area (Å²) in [6.07, 6.45) is 0. The highest BCUT2D eigenvalue weighted by atomic mass is 32.2. The van der Waals surface area contributed by atoms with Crippen molar-refractivity contribution in [2.24, 2.45) is 0 Å². The van der Waals surface area contributed by atoms with E-state index >= 15 is 0 Å². The first kappa shape index (κ1) is 15.8.